The Kier molecular flexibility index (Phi) is 1.37. The quantitative estimate of drug-likeness (QED) is 0.346. The summed E-state index contributed by atoms with van der Waals surface area (Å²) in [4.78, 5) is 0. The molecule has 1 aliphatic heterocycles. The van der Waals surface area contributed by atoms with Gasteiger partial charge in [-0.2, -0.15) is 4.48 Å². The lowest BCUT2D eigenvalue weighted by Gasteiger charge is -2.18. The first-order chi connectivity index (χ1) is 4.27. The molecule has 1 rings (SSSR count). The maximum absolute atomic E-state index is 8.59. The van der Waals surface area contributed by atoms with Crippen molar-refractivity contribution in [3.8, 4) is 6.19 Å². The molecule has 0 aromatic rings. The van der Waals surface area contributed by atoms with Gasteiger partial charge in [-0.15, -0.1) is 5.26 Å². The third-order valence-corrected chi connectivity index (χ3v) is 1.38. The first-order valence-electron chi connectivity index (χ1n) is 2.88. The summed E-state index contributed by atoms with van der Waals surface area (Å²) in [5.74, 6) is 0. The fraction of sp³-hybridized carbons (Fsp3) is 0.286. The Balaban J connectivity index is 2.77. The van der Waals surface area contributed by atoms with Crippen LogP contribution in [0.2, 0.25) is 0 Å². The van der Waals surface area contributed by atoms with Crippen LogP contribution in [0.3, 0.4) is 0 Å². The van der Waals surface area contributed by atoms with Crippen LogP contribution in [-0.4, -0.2) is 18.1 Å². The Hall–Kier alpha value is -1.07. The van der Waals surface area contributed by atoms with E-state index in [9.17, 15) is 0 Å². The van der Waals surface area contributed by atoms with Crippen LogP contribution in [0.1, 0.15) is 0 Å². The molecule has 0 aromatic heterocycles. The van der Waals surface area contributed by atoms with Gasteiger partial charge >= 0.3 is 6.19 Å². The average Bonchev–Trinajstić information content (AvgIpc) is 1.90. The molecule has 0 bridgehead atoms. The lowest BCUT2D eigenvalue weighted by atomic mass is 10.3. The van der Waals surface area contributed by atoms with E-state index < -0.39 is 0 Å². The average molecular weight is 121 g/mol. The molecule has 0 aliphatic carbocycles. The number of likely N-dealkylation sites (N-methyl/N-ethyl adjacent to an activating group) is 1. The first-order valence-corrected chi connectivity index (χ1v) is 2.88. The van der Waals surface area contributed by atoms with Gasteiger partial charge in [-0.1, -0.05) is 6.08 Å². The minimum atomic E-state index is 0.358. The van der Waals surface area contributed by atoms with Crippen LogP contribution in [0.4, 0.5) is 0 Å². The summed E-state index contributed by atoms with van der Waals surface area (Å²) in [5, 5.41) is 8.59. The van der Waals surface area contributed by atoms with Crippen LogP contribution in [0, 0.1) is 11.5 Å². The van der Waals surface area contributed by atoms with E-state index in [-0.39, 0.29) is 0 Å². The Morgan fingerprint density at radius 1 is 1.56 bits per heavy atom. The van der Waals surface area contributed by atoms with E-state index in [1.165, 1.54) is 0 Å². The van der Waals surface area contributed by atoms with Gasteiger partial charge in [0.1, 0.15) is 12.7 Å². The fourth-order valence-electron chi connectivity index (χ4n) is 0.733. The van der Waals surface area contributed by atoms with E-state index in [4.69, 9.17) is 5.26 Å². The third-order valence-electron chi connectivity index (χ3n) is 1.38. The maximum atomic E-state index is 8.59. The Morgan fingerprint density at radius 2 is 2.33 bits per heavy atom. The summed E-state index contributed by atoms with van der Waals surface area (Å²) in [6, 6.07) is 0. The monoisotopic (exact) mass is 121 g/mol. The number of hydrogen-bond acceptors (Lipinski definition) is 1. The predicted octanol–water partition coefficient (Wildman–Crippen LogP) is 0.998. The summed E-state index contributed by atoms with van der Waals surface area (Å²) in [5.41, 5.74) is 0. The summed E-state index contributed by atoms with van der Waals surface area (Å²) in [6.07, 6.45) is 9.90. The third kappa shape index (κ3) is 1.18. The van der Waals surface area contributed by atoms with Gasteiger partial charge in [0.05, 0.1) is 7.05 Å². The first kappa shape index (κ1) is 6.06. The van der Waals surface area contributed by atoms with E-state index in [0.717, 1.165) is 6.54 Å². The maximum Gasteiger partial charge on any atom is 0.313 e. The molecule has 1 atom stereocenters. The molecule has 2 heteroatoms. The van der Waals surface area contributed by atoms with E-state index >= 15 is 0 Å². The van der Waals surface area contributed by atoms with Gasteiger partial charge in [0, 0.05) is 0 Å². The highest BCUT2D eigenvalue weighted by Gasteiger charge is 2.16. The van der Waals surface area contributed by atoms with Gasteiger partial charge in [0.15, 0.2) is 0 Å². The fourth-order valence-corrected chi connectivity index (χ4v) is 0.733. The van der Waals surface area contributed by atoms with Gasteiger partial charge in [0.2, 0.25) is 0 Å². The molecular formula is C7H9N2+. The van der Waals surface area contributed by atoms with Crippen LogP contribution < -0.4 is 0 Å². The standard InChI is InChI=1S/C7H9N2/c1-9(7-8)5-3-2-4-6-9/h2-5H,6H2,1H3/q+1. The van der Waals surface area contributed by atoms with Crippen LogP contribution >= 0.6 is 0 Å². The molecule has 9 heavy (non-hydrogen) atoms. The normalized spacial score (nSPS) is 32.0. The highest BCUT2D eigenvalue weighted by Crippen LogP contribution is 2.05. The molecule has 46 valence electrons. The lowest BCUT2D eigenvalue weighted by Crippen LogP contribution is -2.33. The van der Waals surface area contributed by atoms with Crippen LogP contribution in [0.5, 0.6) is 0 Å². The van der Waals surface area contributed by atoms with Gasteiger partial charge < -0.3 is 0 Å². The van der Waals surface area contributed by atoms with Crippen molar-refractivity contribution in [1.82, 2.24) is 0 Å². The number of nitrogens with zero attached hydrogens (tertiary/aromatic N) is 2. The number of nitriles is 1. The molecule has 0 radical (unpaired) electrons. The molecule has 0 N–H and O–H groups in total. The zero-order valence-corrected chi connectivity index (χ0v) is 5.41. The zero-order chi connectivity index (χ0) is 6.74. The van der Waals surface area contributed by atoms with Gasteiger partial charge in [-0.25, -0.2) is 0 Å². The molecule has 0 saturated heterocycles. The van der Waals surface area contributed by atoms with Crippen molar-refractivity contribution in [1.29, 1.82) is 5.26 Å². The summed E-state index contributed by atoms with van der Waals surface area (Å²) in [7, 11) is 1.88. The van der Waals surface area contributed by atoms with Crippen molar-refractivity contribution in [3.63, 3.8) is 0 Å². The van der Waals surface area contributed by atoms with Gasteiger partial charge in [0.25, 0.3) is 0 Å². The van der Waals surface area contributed by atoms with E-state index in [0.29, 0.717) is 4.48 Å². The molecular weight excluding hydrogens is 112 g/mol. The van der Waals surface area contributed by atoms with Crippen molar-refractivity contribution >= 4 is 0 Å². The minimum Gasteiger partial charge on any atom is -0.197 e. The minimum absolute atomic E-state index is 0.358. The second-order valence-electron chi connectivity index (χ2n) is 2.32. The van der Waals surface area contributed by atoms with Gasteiger partial charge in [-0.05, 0) is 12.2 Å². The lowest BCUT2D eigenvalue weighted by molar-refractivity contribution is -0.785. The molecule has 1 unspecified atom stereocenters. The van der Waals surface area contributed by atoms with Crippen molar-refractivity contribution in [3.05, 3.63) is 24.4 Å². The molecule has 0 amide bonds. The van der Waals surface area contributed by atoms with Crippen molar-refractivity contribution in [2.45, 2.75) is 0 Å². The highest BCUT2D eigenvalue weighted by atomic mass is 15.3. The molecule has 0 aromatic carbocycles. The van der Waals surface area contributed by atoms with E-state index in [1.54, 1.807) is 0 Å². The van der Waals surface area contributed by atoms with E-state index in [1.807, 2.05) is 31.5 Å². The SMILES string of the molecule is C[N+]1(C#N)C=CC=CC1. The van der Waals surface area contributed by atoms with Crippen molar-refractivity contribution in [2.75, 3.05) is 13.6 Å². The number of rotatable bonds is 0. The topological polar surface area (TPSA) is 23.8 Å². The summed E-state index contributed by atoms with van der Waals surface area (Å²) in [6.45, 7) is 0.785. The highest BCUT2D eigenvalue weighted by molar-refractivity contribution is 5.04. The molecule has 2 nitrogen and oxygen atoms in total. The van der Waals surface area contributed by atoms with Crippen molar-refractivity contribution in [2.24, 2.45) is 0 Å². The predicted molar refractivity (Wildman–Crippen MR) is 34.9 cm³/mol. The molecule has 1 heterocycles. The van der Waals surface area contributed by atoms with Crippen molar-refractivity contribution < 1.29 is 4.48 Å². The second kappa shape index (κ2) is 2.04. The molecule has 0 fully saturated rings. The number of quaternary nitrogens is 1. The smallest absolute Gasteiger partial charge is 0.197 e. The van der Waals surface area contributed by atoms with Gasteiger partial charge in [-0.3, -0.25) is 0 Å². The number of allylic oxidation sites excluding steroid dienone is 2. The van der Waals surface area contributed by atoms with E-state index in [2.05, 4.69) is 6.19 Å². The Morgan fingerprint density at radius 3 is 2.67 bits per heavy atom. The molecule has 0 spiro atoms. The molecule has 1 aliphatic rings. The Labute approximate surface area is 54.9 Å². The Bertz CT molecular complexity index is 197. The largest absolute Gasteiger partial charge is 0.313 e. The second-order valence-corrected chi connectivity index (χ2v) is 2.32. The summed E-state index contributed by atoms with van der Waals surface area (Å²) < 4.78 is 0.358. The summed E-state index contributed by atoms with van der Waals surface area (Å²) >= 11 is 0. The van der Waals surface area contributed by atoms with Crippen LogP contribution in [0.25, 0.3) is 0 Å². The number of hydrogen-bond donors (Lipinski definition) is 0. The van der Waals surface area contributed by atoms with Crippen LogP contribution in [-0.2, 0) is 0 Å². The van der Waals surface area contributed by atoms with Crippen LogP contribution in [0.15, 0.2) is 24.4 Å². The zero-order valence-electron chi connectivity index (χ0n) is 5.41. The molecule has 0 saturated carbocycles.